The Morgan fingerprint density at radius 2 is 2.47 bits per heavy atom. The van der Waals surface area contributed by atoms with E-state index in [4.69, 9.17) is 4.74 Å². The first-order chi connectivity index (χ1) is 7.24. The third-order valence-electron chi connectivity index (χ3n) is 2.04. The Hall–Kier alpha value is -0.870. The highest BCUT2D eigenvalue weighted by Gasteiger charge is 2.11. The molecule has 0 fully saturated rings. The summed E-state index contributed by atoms with van der Waals surface area (Å²) in [6.45, 7) is 4.90. The van der Waals surface area contributed by atoms with Crippen LogP contribution in [0.5, 0.6) is 0 Å². The lowest BCUT2D eigenvalue weighted by molar-refractivity contribution is -0.131. The summed E-state index contributed by atoms with van der Waals surface area (Å²) in [7, 11) is 0. The summed E-state index contributed by atoms with van der Waals surface area (Å²) in [6, 6.07) is 4.09. The monoisotopic (exact) mass is 227 g/mol. The van der Waals surface area contributed by atoms with Crippen molar-refractivity contribution in [1.29, 1.82) is 0 Å². The molecule has 1 unspecified atom stereocenters. The molecule has 3 nitrogen and oxygen atoms in total. The van der Waals surface area contributed by atoms with E-state index in [1.54, 1.807) is 18.3 Å². The lowest BCUT2D eigenvalue weighted by Crippen LogP contribution is -2.35. The first-order valence-electron chi connectivity index (χ1n) is 5.15. The highest BCUT2D eigenvalue weighted by molar-refractivity contribution is 7.09. The molecular weight excluding hydrogens is 210 g/mol. The van der Waals surface area contributed by atoms with Gasteiger partial charge < -0.3 is 10.1 Å². The number of rotatable bonds is 6. The second-order valence-electron chi connectivity index (χ2n) is 3.22. The van der Waals surface area contributed by atoms with Crippen molar-refractivity contribution >= 4 is 17.2 Å². The molecule has 0 bridgehead atoms. The van der Waals surface area contributed by atoms with Gasteiger partial charge in [-0.15, -0.1) is 11.3 Å². The van der Waals surface area contributed by atoms with E-state index in [9.17, 15) is 4.79 Å². The van der Waals surface area contributed by atoms with Gasteiger partial charge in [-0.05, 0) is 31.7 Å². The number of hydrogen-bond donors (Lipinski definition) is 1. The first kappa shape index (κ1) is 12.2. The molecule has 0 saturated carbocycles. The van der Waals surface area contributed by atoms with Gasteiger partial charge in [-0.1, -0.05) is 6.07 Å². The normalized spacial score (nSPS) is 12.4. The van der Waals surface area contributed by atoms with Crippen LogP contribution in [0.3, 0.4) is 0 Å². The summed E-state index contributed by atoms with van der Waals surface area (Å²) in [5.41, 5.74) is 0. The summed E-state index contributed by atoms with van der Waals surface area (Å²) in [5, 5.41) is 4.89. The van der Waals surface area contributed by atoms with E-state index in [-0.39, 0.29) is 12.0 Å². The van der Waals surface area contributed by atoms with Gasteiger partial charge in [0.1, 0.15) is 6.10 Å². The molecule has 0 spiro atoms. The zero-order valence-electron chi connectivity index (χ0n) is 9.16. The van der Waals surface area contributed by atoms with Gasteiger partial charge in [0.15, 0.2) is 0 Å². The zero-order valence-corrected chi connectivity index (χ0v) is 9.97. The summed E-state index contributed by atoms with van der Waals surface area (Å²) in [5.74, 6) is -0.0339. The van der Waals surface area contributed by atoms with Crippen molar-refractivity contribution < 1.29 is 9.53 Å². The maximum absolute atomic E-state index is 11.4. The number of ether oxygens (including phenoxy) is 1. The fourth-order valence-electron chi connectivity index (χ4n) is 1.23. The van der Waals surface area contributed by atoms with Crippen molar-refractivity contribution in [1.82, 2.24) is 5.32 Å². The summed E-state index contributed by atoms with van der Waals surface area (Å²) in [6.07, 6.45) is 0.542. The molecule has 0 aromatic carbocycles. The molecule has 84 valence electrons. The van der Waals surface area contributed by atoms with E-state index in [1.165, 1.54) is 4.88 Å². The van der Waals surface area contributed by atoms with Crippen LogP contribution >= 0.6 is 11.3 Å². The van der Waals surface area contributed by atoms with Crippen LogP contribution in [0.2, 0.25) is 0 Å². The van der Waals surface area contributed by atoms with E-state index in [1.807, 2.05) is 18.4 Å². The molecule has 1 heterocycles. The van der Waals surface area contributed by atoms with Crippen LogP contribution in [-0.2, 0) is 16.0 Å². The predicted molar refractivity (Wildman–Crippen MR) is 62.1 cm³/mol. The van der Waals surface area contributed by atoms with Crippen molar-refractivity contribution in [3.8, 4) is 0 Å². The van der Waals surface area contributed by atoms with Crippen LogP contribution in [0.1, 0.15) is 18.7 Å². The number of thiophene rings is 1. The summed E-state index contributed by atoms with van der Waals surface area (Å²) >= 11 is 1.71. The largest absolute Gasteiger partial charge is 0.369 e. The van der Waals surface area contributed by atoms with E-state index in [2.05, 4.69) is 11.4 Å². The van der Waals surface area contributed by atoms with Crippen LogP contribution in [0, 0.1) is 0 Å². The summed E-state index contributed by atoms with van der Waals surface area (Å²) in [4.78, 5) is 12.7. The second-order valence-corrected chi connectivity index (χ2v) is 4.25. The average molecular weight is 227 g/mol. The van der Waals surface area contributed by atoms with Crippen LogP contribution in [0.15, 0.2) is 17.5 Å². The number of amides is 1. The molecule has 1 amide bonds. The maximum Gasteiger partial charge on any atom is 0.248 e. The number of hydrogen-bond acceptors (Lipinski definition) is 3. The topological polar surface area (TPSA) is 38.3 Å². The minimum absolute atomic E-state index is 0.0339. The molecule has 1 aromatic rings. The highest BCUT2D eigenvalue weighted by atomic mass is 32.1. The third-order valence-corrected chi connectivity index (χ3v) is 2.97. The van der Waals surface area contributed by atoms with Crippen LogP contribution in [-0.4, -0.2) is 25.2 Å². The fourth-order valence-corrected chi connectivity index (χ4v) is 1.94. The van der Waals surface area contributed by atoms with E-state index < -0.39 is 0 Å². The highest BCUT2D eigenvalue weighted by Crippen LogP contribution is 2.08. The van der Waals surface area contributed by atoms with Crippen molar-refractivity contribution in [2.75, 3.05) is 13.2 Å². The molecule has 0 aliphatic heterocycles. The molecule has 0 aliphatic carbocycles. The average Bonchev–Trinajstić information content (AvgIpc) is 2.71. The molecule has 1 rings (SSSR count). The van der Waals surface area contributed by atoms with Crippen molar-refractivity contribution in [3.05, 3.63) is 22.4 Å². The minimum Gasteiger partial charge on any atom is -0.369 e. The van der Waals surface area contributed by atoms with Gasteiger partial charge in [0.2, 0.25) is 5.91 Å². The zero-order chi connectivity index (χ0) is 11.1. The van der Waals surface area contributed by atoms with Gasteiger partial charge in [-0.3, -0.25) is 4.79 Å². The Labute approximate surface area is 94.5 Å². The number of carbonyl (C=O) groups excluding carboxylic acids is 1. The van der Waals surface area contributed by atoms with Crippen molar-refractivity contribution in [3.63, 3.8) is 0 Å². The smallest absolute Gasteiger partial charge is 0.248 e. The predicted octanol–water partition coefficient (Wildman–Crippen LogP) is 1.83. The first-order valence-corrected chi connectivity index (χ1v) is 6.03. The van der Waals surface area contributed by atoms with Gasteiger partial charge in [-0.2, -0.15) is 0 Å². The number of carbonyl (C=O) groups is 1. The Morgan fingerprint density at radius 1 is 1.67 bits per heavy atom. The molecule has 1 aromatic heterocycles. The van der Waals surface area contributed by atoms with E-state index in [0.717, 1.165) is 6.42 Å². The molecule has 0 aliphatic rings. The fraction of sp³-hybridized carbons (Fsp3) is 0.545. The van der Waals surface area contributed by atoms with Crippen molar-refractivity contribution in [2.24, 2.45) is 0 Å². The second kappa shape index (κ2) is 6.58. The SMILES string of the molecule is CCOC(C)C(=O)NCCc1cccs1. The van der Waals surface area contributed by atoms with Gasteiger partial charge >= 0.3 is 0 Å². The van der Waals surface area contributed by atoms with Crippen molar-refractivity contribution in [2.45, 2.75) is 26.4 Å². The Balaban J connectivity index is 2.17. The van der Waals surface area contributed by atoms with E-state index >= 15 is 0 Å². The van der Waals surface area contributed by atoms with Crippen LogP contribution in [0.25, 0.3) is 0 Å². The minimum atomic E-state index is -0.349. The Morgan fingerprint density at radius 3 is 3.07 bits per heavy atom. The molecule has 1 atom stereocenters. The molecule has 0 saturated heterocycles. The standard InChI is InChI=1S/C11H17NO2S/c1-3-14-9(2)11(13)12-7-6-10-5-4-8-15-10/h4-5,8-9H,3,6-7H2,1-2H3,(H,12,13). The lowest BCUT2D eigenvalue weighted by atomic mass is 10.3. The van der Waals surface area contributed by atoms with Crippen LogP contribution < -0.4 is 5.32 Å². The third kappa shape index (κ3) is 4.44. The van der Waals surface area contributed by atoms with E-state index in [0.29, 0.717) is 13.2 Å². The molecular formula is C11H17NO2S. The lowest BCUT2D eigenvalue weighted by Gasteiger charge is -2.11. The Kier molecular flexibility index (Phi) is 5.36. The summed E-state index contributed by atoms with van der Waals surface area (Å²) < 4.78 is 5.18. The molecule has 15 heavy (non-hydrogen) atoms. The van der Waals surface area contributed by atoms with Gasteiger partial charge in [0.05, 0.1) is 0 Å². The number of nitrogens with one attached hydrogen (secondary N) is 1. The van der Waals surface area contributed by atoms with Gasteiger partial charge in [-0.25, -0.2) is 0 Å². The molecule has 4 heteroatoms. The maximum atomic E-state index is 11.4. The van der Waals surface area contributed by atoms with Gasteiger partial charge in [0.25, 0.3) is 0 Å². The van der Waals surface area contributed by atoms with Crippen LogP contribution in [0.4, 0.5) is 0 Å². The Bertz CT molecular complexity index is 285. The molecule has 1 N–H and O–H groups in total. The van der Waals surface area contributed by atoms with Gasteiger partial charge in [0, 0.05) is 18.0 Å². The molecule has 0 radical (unpaired) electrons. The quantitative estimate of drug-likeness (QED) is 0.805.